The van der Waals surface area contributed by atoms with Crippen LogP contribution in [0.4, 0.5) is 5.69 Å². The van der Waals surface area contributed by atoms with Crippen LogP contribution in [0.15, 0.2) is 18.3 Å². The third-order valence-corrected chi connectivity index (χ3v) is 3.43. The van der Waals surface area contributed by atoms with Gasteiger partial charge in [-0.1, -0.05) is 0 Å². The van der Waals surface area contributed by atoms with E-state index in [1.54, 1.807) is 19.4 Å². The summed E-state index contributed by atoms with van der Waals surface area (Å²) < 4.78 is 5.31. The van der Waals surface area contributed by atoms with Crippen molar-refractivity contribution in [3.05, 3.63) is 24.0 Å². The van der Waals surface area contributed by atoms with Gasteiger partial charge in [0, 0.05) is 26.7 Å². The first-order valence-corrected chi connectivity index (χ1v) is 6.76. The molecule has 0 unspecified atom stereocenters. The molecule has 0 aliphatic carbocycles. The summed E-state index contributed by atoms with van der Waals surface area (Å²) >= 11 is 0. The van der Waals surface area contributed by atoms with Gasteiger partial charge in [-0.25, -0.2) is 4.98 Å². The van der Waals surface area contributed by atoms with E-state index in [-0.39, 0.29) is 12.0 Å². The second kappa shape index (κ2) is 6.52. The topological polar surface area (TPSA) is 54.5 Å². The van der Waals surface area contributed by atoms with E-state index in [9.17, 15) is 4.79 Å². The van der Waals surface area contributed by atoms with Gasteiger partial charge in [-0.05, 0) is 31.9 Å². The molecule has 1 amide bonds. The average Bonchev–Trinajstić information content (AvgIpc) is 2.48. The van der Waals surface area contributed by atoms with E-state index in [4.69, 9.17) is 4.74 Å². The Hall–Kier alpha value is -1.62. The zero-order chi connectivity index (χ0) is 13.7. The summed E-state index contributed by atoms with van der Waals surface area (Å²) in [5.74, 6) is 0.0117. The Bertz CT molecular complexity index is 411. The molecule has 19 heavy (non-hydrogen) atoms. The summed E-state index contributed by atoms with van der Waals surface area (Å²) in [5.41, 5.74) is 1.45. The monoisotopic (exact) mass is 263 g/mol. The van der Waals surface area contributed by atoms with Crippen LogP contribution in [0.1, 0.15) is 30.3 Å². The van der Waals surface area contributed by atoms with E-state index >= 15 is 0 Å². The van der Waals surface area contributed by atoms with Crippen LogP contribution >= 0.6 is 0 Å². The molecule has 2 rings (SSSR count). The molecule has 1 aromatic rings. The minimum Gasteiger partial charge on any atom is -0.384 e. The fourth-order valence-corrected chi connectivity index (χ4v) is 2.29. The maximum atomic E-state index is 12.3. The predicted molar refractivity (Wildman–Crippen MR) is 74.3 cm³/mol. The molecule has 0 radical (unpaired) electrons. The summed E-state index contributed by atoms with van der Waals surface area (Å²) in [5, 5.41) is 3.16. The second-order valence-corrected chi connectivity index (χ2v) is 4.69. The van der Waals surface area contributed by atoms with Crippen LogP contribution in [0.5, 0.6) is 0 Å². The average molecular weight is 263 g/mol. The van der Waals surface area contributed by atoms with Crippen LogP contribution in [-0.4, -0.2) is 48.6 Å². The van der Waals surface area contributed by atoms with Gasteiger partial charge in [-0.15, -0.1) is 0 Å². The van der Waals surface area contributed by atoms with Crippen LogP contribution in [0.3, 0.4) is 0 Å². The third kappa shape index (κ3) is 3.44. The number of rotatable bonds is 4. The first-order chi connectivity index (χ1) is 9.24. The zero-order valence-corrected chi connectivity index (χ0v) is 11.6. The molecule has 1 saturated heterocycles. The number of ether oxygens (including phenoxy) is 1. The molecule has 0 atom stereocenters. The van der Waals surface area contributed by atoms with Crippen molar-refractivity contribution in [1.82, 2.24) is 9.88 Å². The Kier molecular flexibility index (Phi) is 4.74. The summed E-state index contributed by atoms with van der Waals surface area (Å²) in [6, 6.07) is 3.67. The third-order valence-electron chi connectivity index (χ3n) is 3.43. The van der Waals surface area contributed by atoms with Gasteiger partial charge in [0.15, 0.2) is 0 Å². The van der Waals surface area contributed by atoms with Gasteiger partial charge in [0.2, 0.25) is 0 Å². The van der Waals surface area contributed by atoms with Crippen molar-refractivity contribution in [2.75, 3.05) is 32.1 Å². The lowest BCUT2D eigenvalue weighted by atomic mass is 10.1. The molecule has 1 aliphatic rings. The van der Waals surface area contributed by atoms with Crippen LogP contribution in [-0.2, 0) is 4.74 Å². The Balaban J connectivity index is 1.96. The molecule has 1 aliphatic heterocycles. The lowest BCUT2D eigenvalue weighted by Gasteiger charge is -2.31. The molecule has 0 bridgehead atoms. The number of hydrogen-bond acceptors (Lipinski definition) is 4. The molecule has 0 saturated carbocycles. The van der Waals surface area contributed by atoms with E-state index in [1.807, 2.05) is 17.9 Å². The van der Waals surface area contributed by atoms with Crippen molar-refractivity contribution < 1.29 is 9.53 Å². The Morgan fingerprint density at radius 2 is 2.21 bits per heavy atom. The van der Waals surface area contributed by atoms with E-state index in [0.717, 1.165) is 38.2 Å². The van der Waals surface area contributed by atoms with Gasteiger partial charge in [0.1, 0.15) is 5.69 Å². The summed E-state index contributed by atoms with van der Waals surface area (Å²) in [4.78, 5) is 18.3. The SMILES string of the molecule is CCNc1ccc(C(=O)N2CCC(OC)CC2)nc1. The van der Waals surface area contributed by atoms with Crippen molar-refractivity contribution in [2.24, 2.45) is 0 Å². The Morgan fingerprint density at radius 1 is 1.47 bits per heavy atom. The van der Waals surface area contributed by atoms with Gasteiger partial charge in [-0.3, -0.25) is 4.79 Å². The number of amides is 1. The lowest BCUT2D eigenvalue weighted by molar-refractivity contribution is 0.0347. The zero-order valence-electron chi connectivity index (χ0n) is 11.6. The number of anilines is 1. The predicted octanol–water partition coefficient (Wildman–Crippen LogP) is 1.76. The number of methoxy groups -OCH3 is 1. The highest BCUT2D eigenvalue weighted by molar-refractivity contribution is 5.92. The van der Waals surface area contributed by atoms with Crippen molar-refractivity contribution >= 4 is 11.6 Å². The maximum absolute atomic E-state index is 12.3. The van der Waals surface area contributed by atoms with Crippen molar-refractivity contribution in [3.63, 3.8) is 0 Å². The molecule has 0 aromatic carbocycles. The summed E-state index contributed by atoms with van der Waals surface area (Å²) in [7, 11) is 1.73. The molecule has 104 valence electrons. The smallest absolute Gasteiger partial charge is 0.272 e. The minimum absolute atomic E-state index is 0.0117. The van der Waals surface area contributed by atoms with Crippen LogP contribution < -0.4 is 5.32 Å². The van der Waals surface area contributed by atoms with E-state index < -0.39 is 0 Å². The number of likely N-dealkylation sites (tertiary alicyclic amines) is 1. The van der Waals surface area contributed by atoms with Gasteiger partial charge in [0.25, 0.3) is 5.91 Å². The first-order valence-electron chi connectivity index (χ1n) is 6.76. The van der Waals surface area contributed by atoms with Gasteiger partial charge < -0.3 is 15.0 Å². The van der Waals surface area contributed by atoms with Crippen LogP contribution in [0.2, 0.25) is 0 Å². The fraction of sp³-hybridized carbons (Fsp3) is 0.571. The summed E-state index contributed by atoms with van der Waals surface area (Å²) in [6.45, 7) is 4.36. The molecule has 0 spiro atoms. The highest BCUT2D eigenvalue weighted by Crippen LogP contribution is 2.15. The van der Waals surface area contributed by atoms with Crippen molar-refractivity contribution in [3.8, 4) is 0 Å². The highest BCUT2D eigenvalue weighted by atomic mass is 16.5. The summed E-state index contributed by atoms with van der Waals surface area (Å²) in [6.07, 6.45) is 3.79. The molecule has 5 heteroatoms. The number of hydrogen-bond donors (Lipinski definition) is 1. The molecule has 1 fully saturated rings. The number of pyridine rings is 1. The standard InChI is InChI=1S/C14H21N3O2/c1-3-15-11-4-5-13(16-10-11)14(18)17-8-6-12(19-2)7-9-17/h4-5,10,12,15H,3,6-9H2,1-2H3. The van der Waals surface area contributed by atoms with Gasteiger partial charge in [-0.2, -0.15) is 0 Å². The molecule has 2 heterocycles. The first kappa shape index (κ1) is 13.8. The molecule has 1 N–H and O–H groups in total. The lowest BCUT2D eigenvalue weighted by Crippen LogP contribution is -2.40. The van der Waals surface area contributed by atoms with Crippen molar-refractivity contribution in [2.45, 2.75) is 25.9 Å². The number of aromatic nitrogens is 1. The van der Waals surface area contributed by atoms with Crippen molar-refractivity contribution in [1.29, 1.82) is 0 Å². The molecular formula is C14H21N3O2. The maximum Gasteiger partial charge on any atom is 0.272 e. The number of nitrogens with zero attached hydrogens (tertiary/aromatic N) is 2. The molecule has 1 aromatic heterocycles. The van der Waals surface area contributed by atoms with E-state index in [2.05, 4.69) is 10.3 Å². The molecular weight excluding hydrogens is 242 g/mol. The quantitative estimate of drug-likeness (QED) is 0.899. The molecule has 5 nitrogen and oxygen atoms in total. The number of nitrogens with one attached hydrogen (secondary N) is 1. The minimum atomic E-state index is 0.0117. The number of carbonyl (C=O) groups is 1. The number of carbonyl (C=O) groups excluding carboxylic acids is 1. The van der Waals surface area contributed by atoms with E-state index in [0.29, 0.717) is 5.69 Å². The van der Waals surface area contributed by atoms with Gasteiger partial charge >= 0.3 is 0 Å². The highest BCUT2D eigenvalue weighted by Gasteiger charge is 2.23. The largest absolute Gasteiger partial charge is 0.384 e. The Morgan fingerprint density at radius 3 is 2.74 bits per heavy atom. The Labute approximate surface area is 114 Å². The van der Waals surface area contributed by atoms with E-state index in [1.165, 1.54) is 0 Å². The number of piperidine rings is 1. The second-order valence-electron chi connectivity index (χ2n) is 4.69. The van der Waals surface area contributed by atoms with Crippen LogP contribution in [0.25, 0.3) is 0 Å². The van der Waals surface area contributed by atoms with Gasteiger partial charge in [0.05, 0.1) is 18.0 Å². The normalized spacial score (nSPS) is 16.4. The fourth-order valence-electron chi connectivity index (χ4n) is 2.29. The van der Waals surface area contributed by atoms with Crippen LogP contribution in [0, 0.1) is 0 Å².